The number of ether oxygens (including phenoxy) is 1. The van der Waals surface area contributed by atoms with Crippen molar-refractivity contribution in [1.82, 2.24) is 0 Å². The van der Waals surface area contributed by atoms with E-state index in [0.717, 1.165) is 43.1 Å². The number of carbonyl (C=O) groups excluding carboxylic acids is 1. The van der Waals surface area contributed by atoms with Crippen molar-refractivity contribution < 1.29 is 19.3 Å². The third-order valence-electron chi connectivity index (χ3n) is 2.27. The molecule has 0 aromatic rings. The second-order valence-electron chi connectivity index (χ2n) is 3.87. The number of hydrogen-bond acceptors (Lipinski definition) is 4. The topological polar surface area (TPSA) is 66.8 Å². The Morgan fingerprint density at radius 1 is 1.50 bits per heavy atom. The maximum absolute atomic E-state index is 10.9. The predicted octanol–water partition coefficient (Wildman–Crippen LogP) is 3.00. The van der Waals surface area contributed by atoms with E-state index >= 15 is 0 Å². The largest absolute Gasteiger partial charge is 0.463 e. The molecule has 0 rings (SSSR count). The highest BCUT2D eigenvalue weighted by molar-refractivity contribution is 8.67. The van der Waals surface area contributed by atoms with Crippen LogP contribution in [0.25, 0.3) is 0 Å². The van der Waals surface area contributed by atoms with Crippen LogP contribution in [0.3, 0.4) is 0 Å². The first-order chi connectivity index (χ1) is 8.39. The molecular weight excluding hydrogens is 291 g/mol. The average molecular weight is 312 g/mol. The molecule has 1 unspecified atom stereocenters. The number of rotatable bonds is 10. The van der Waals surface area contributed by atoms with Crippen LogP contribution in [0.2, 0.25) is 0 Å². The van der Waals surface area contributed by atoms with Crippen molar-refractivity contribution in [3.63, 3.8) is 0 Å². The Bertz CT molecular complexity index is 303. The zero-order chi connectivity index (χ0) is 14.0. The molecule has 0 saturated heterocycles. The zero-order valence-corrected chi connectivity index (χ0v) is 13.1. The van der Waals surface area contributed by atoms with E-state index in [1.54, 1.807) is 0 Å². The van der Waals surface area contributed by atoms with Crippen LogP contribution in [0.5, 0.6) is 0 Å². The van der Waals surface area contributed by atoms with Crippen molar-refractivity contribution in [2.45, 2.75) is 44.3 Å². The molecule has 106 valence electrons. The van der Waals surface area contributed by atoms with E-state index in [4.69, 9.17) is 4.74 Å². The SMILES string of the molecule is C=CC(=O)OCCC(CCCCC)SP(O)(O)=S. The summed E-state index contributed by atoms with van der Waals surface area (Å²) in [5.74, 6) is -0.459. The highest BCUT2D eigenvalue weighted by Crippen LogP contribution is 2.54. The molecule has 1 atom stereocenters. The van der Waals surface area contributed by atoms with Gasteiger partial charge in [-0.1, -0.05) is 44.1 Å². The van der Waals surface area contributed by atoms with E-state index in [1.807, 2.05) is 0 Å². The summed E-state index contributed by atoms with van der Waals surface area (Å²) < 4.78 is 4.89. The van der Waals surface area contributed by atoms with Crippen LogP contribution in [0.4, 0.5) is 0 Å². The Hall–Kier alpha value is 0.130. The van der Waals surface area contributed by atoms with Crippen LogP contribution in [0.15, 0.2) is 12.7 Å². The van der Waals surface area contributed by atoms with Crippen LogP contribution in [0.1, 0.15) is 39.0 Å². The fourth-order valence-corrected chi connectivity index (χ4v) is 5.17. The van der Waals surface area contributed by atoms with Gasteiger partial charge in [-0.3, -0.25) is 0 Å². The molecule has 0 spiro atoms. The molecule has 0 aromatic heterocycles. The smallest absolute Gasteiger partial charge is 0.330 e. The van der Waals surface area contributed by atoms with E-state index in [-0.39, 0.29) is 11.9 Å². The predicted molar refractivity (Wildman–Crippen MR) is 80.0 cm³/mol. The van der Waals surface area contributed by atoms with Gasteiger partial charge in [0.05, 0.1) is 6.61 Å². The number of unbranched alkanes of at least 4 members (excludes halogenated alkanes) is 2. The molecule has 18 heavy (non-hydrogen) atoms. The monoisotopic (exact) mass is 312 g/mol. The Morgan fingerprint density at radius 3 is 2.67 bits per heavy atom. The lowest BCUT2D eigenvalue weighted by molar-refractivity contribution is -0.137. The number of hydrogen-bond donors (Lipinski definition) is 2. The Balaban J connectivity index is 4.07. The minimum absolute atomic E-state index is 0.0231. The summed E-state index contributed by atoms with van der Waals surface area (Å²) in [6.45, 7) is 5.67. The van der Waals surface area contributed by atoms with Crippen molar-refractivity contribution in [3.8, 4) is 0 Å². The van der Waals surface area contributed by atoms with Gasteiger partial charge < -0.3 is 14.5 Å². The first kappa shape index (κ1) is 18.1. The minimum atomic E-state index is -3.25. The van der Waals surface area contributed by atoms with Gasteiger partial charge in [-0.25, -0.2) is 4.79 Å². The number of esters is 1. The molecule has 0 saturated carbocycles. The van der Waals surface area contributed by atoms with Gasteiger partial charge in [0, 0.05) is 11.3 Å². The summed E-state index contributed by atoms with van der Waals surface area (Å²) in [4.78, 5) is 29.5. The van der Waals surface area contributed by atoms with Crippen LogP contribution in [-0.2, 0) is 21.3 Å². The molecular formula is C11H21O4PS2. The lowest BCUT2D eigenvalue weighted by atomic mass is 10.1. The molecule has 0 aliphatic rings. The molecule has 0 bridgehead atoms. The van der Waals surface area contributed by atoms with Gasteiger partial charge in [0.25, 0.3) is 0 Å². The fourth-order valence-electron chi connectivity index (χ4n) is 1.42. The molecule has 0 aliphatic carbocycles. The highest BCUT2D eigenvalue weighted by Gasteiger charge is 2.18. The first-order valence-corrected chi connectivity index (χ1v) is 10.1. The maximum Gasteiger partial charge on any atom is 0.330 e. The molecule has 0 heterocycles. The Labute approximate surface area is 118 Å². The van der Waals surface area contributed by atoms with E-state index in [0.29, 0.717) is 6.42 Å². The van der Waals surface area contributed by atoms with Crippen molar-refractivity contribution in [2.24, 2.45) is 0 Å². The second kappa shape index (κ2) is 9.98. The van der Waals surface area contributed by atoms with E-state index in [2.05, 4.69) is 25.3 Å². The normalized spacial score (nSPS) is 13.1. The molecule has 2 N–H and O–H groups in total. The molecule has 0 amide bonds. The van der Waals surface area contributed by atoms with Gasteiger partial charge in [0.15, 0.2) is 0 Å². The average Bonchev–Trinajstić information content (AvgIpc) is 2.26. The number of carbonyl (C=O) groups is 1. The quantitative estimate of drug-likeness (QED) is 0.280. The van der Waals surface area contributed by atoms with Gasteiger partial charge in [0.1, 0.15) is 0 Å². The van der Waals surface area contributed by atoms with E-state index in [9.17, 15) is 14.6 Å². The Kier molecular flexibility index (Phi) is 10.1. The van der Waals surface area contributed by atoms with E-state index in [1.165, 1.54) is 0 Å². The zero-order valence-electron chi connectivity index (χ0n) is 10.6. The molecule has 0 aromatic carbocycles. The Morgan fingerprint density at radius 2 is 2.17 bits per heavy atom. The van der Waals surface area contributed by atoms with Gasteiger partial charge in [-0.15, -0.1) is 0 Å². The summed E-state index contributed by atoms with van der Waals surface area (Å²) >= 11 is 5.66. The molecule has 7 heteroatoms. The van der Waals surface area contributed by atoms with Gasteiger partial charge in [0.2, 0.25) is 5.69 Å². The first-order valence-electron chi connectivity index (χ1n) is 5.92. The summed E-state index contributed by atoms with van der Waals surface area (Å²) in [7, 11) is 0. The van der Waals surface area contributed by atoms with Crippen LogP contribution in [-0.4, -0.2) is 27.6 Å². The van der Waals surface area contributed by atoms with Gasteiger partial charge >= 0.3 is 5.97 Å². The van der Waals surface area contributed by atoms with Crippen LogP contribution < -0.4 is 0 Å². The summed E-state index contributed by atoms with van der Waals surface area (Å²) in [5.41, 5.74) is -3.25. The summed E-state index contributed by atoms with van der Waals surface area (Å²) in [5, 5.41) is 0.0231. The minimum Gasteiger partial charge on any atom is -0.463 e. The van der Waals surface area contributed by atoms with Crippen LogP contribution in [0, 0.1) is 0 Å². The molecule has 0 fully saturated rings. The van der Waals surface area contributed by atoms with Crippen molar-refractivity contribution in [3.05, 3.63) is 12.7 Å². The third-order valence-corrected chi connectivity index (χ3v) is 5.80. The highest BCUT2D eigenvalue weighted by atomic mass is 32.9. The van der Waals surface area contributed by atoms with Crippen molar-refractivity contribution >= 4 is 34.9 Å². The maximum atomic E-state index is 10.9. The summed E-state index contributed by atoms with van der Waals surface area (Å²) in [6, 6.07) is 0. The molecule has 0 aliphatic heterocycles. The standard InChI is InChI=1S/C11H21O4PS2/c1-3-5-6-7-10(18-16(13,14)17)8-9-15-11(12)4-2/h4,10H,2-3,5-9H2,1H3,(H2,13,14,17). The fraction of sp³-hybridized carbons (Fsp3) is 0.727. The summed E-state index contributed by atoms with van der Waals surface area (Å²) in [6.07, 6.45) is 5.76. The van der Waals surface area contributed by atoms with E-state index < -0.39 is 11.7 Å². The lowest BCUT2D eigenvalue weighted by Crippen LogP contribution is -2.10. The van der Waals surface area contributed by atoms with Crippen LogP contribution >= 0.6 is 17.1 Å². The lowest BCUT2D eigenvalue weighted by Gasteiger charge is -2.18. The molecule has 4 nitrogen and oxygen atoms in total. The van der Waals surface area contributed by atoms with Crippen molar-refractivity contribution in [2.75, 3.05) is 6.61 Å². The van der Waals surface area contributed by atoms with Crippen molar-refractivity contribution in [1.29, 1.82) is 0 Å². The molecule has 0 radical (unpaired) electrons. The second-order valence-corrected chi connectivity index (χ2v) is 10.1. The third kappa shape index (κ3) is 11.2. The van der Waals surface area contributed by atoms with Gasteiger partial charge in [-0.05, 0) is 24.6 Å². The van der Waals surface area contributed by atoms with Gasteiger partial charge in [-0.2, -0.15) is 0 Å².